The highest BCUT2D eigenvalue weighted by molar-refractivity contribution is 5.32. The van der Waals surface area contributed by atoms with Crippen molar-refractivity contribution < 1.29 is 4.74 Å². The molecule has 0 aliphatic carbocycles. The van der Waals surface area contributed by atoms with Gasteiger partial charge in [0.25, 0.3) is 0 Å². The summed E-state index contributed by atoms with van der Waals surface area (Å²) >= 11 is 0. The standard InChI is InChI=1S/C16H29N3O/c1-18(11-6-10-17)12-7-13-19(2)14-15-8-4-5-9-16(15)20-3/h4-5,8-9H,6-7,10-14,17H2,1-3H3. The van der Waals surface area contributed by atoms with E-state index in [4.69, 9.17) is 10.5 Å². The van der Waals surface area contributed by atoms with Crippen LogP contribution < -0.4 is 10.5 Å². The molecule has 0 spiro atoms. The molecule has 1 aromatic rings. The maximum absolute atomic E-state index is 5.52. The van der Waals surface area contributed by atoms with Crippen molar-refractivity contribution in [1.82, 2.24) is 9.80 Å². The Bertz CT molecular complexity index is 370. The van der Waals surface area contributed by atoms with Gasteiger partial charge in [0.05, 0.1) is 7.11 Å². The largest absolute Gasteiger partial charge is 0.496 e. The molecule has 0 amide bonds. The molecule has 0 heterocycles. The molecule has 2 N–H and O–H groups in total. The summed E-state index contributed by atoms with van der Waals surface area (Å²) in [5, 5.41) is 0. The first-order valence-electron chi connectivity index (χ1n) is 7.36. The molecule has 0 radical (unpaired) electrons. The highest BCUT2D eigenvalue weighted by Crippen LogP contribution is 2.18. The first-order chi connectivity index (χ1) is 9.67. The van der Waals surface area contributed by atoms with E-state index in [1.165, 1.54) is 12.0 Å². The maximum Gasteiger partial charge on any atom is 0.123 e. The van der Waals surface area contributed by atoms with E-state index in [9.17, 15) is 0 Å². The van der Waals surface area contributed by atoms with Crippen LogP contribution in [0.1, 0.15) is 18.4 Å². The molecule has 0 saturated heterocycles. The molecule has 0 aromatic heterocycles. The smallest absolute Gasteiger partial charge is 0.123 e. The molecule has 0 bridgehead atoms. The molecule has 4 heteroatoms. The average Bonchev–Trinajstić information content (AvgIpc) is 2.45. The molecule has 1 aromatic carbocycles. The quantitative estimate of drug-likeness (QED) is 0.709. The summed E-state index contributed by atoms with van der Waals surface area (Å²) in [5.41, 5.74) is 6.76. The van der Waals surface area contributed by atoms with Crippen LogP contribution in [0.15, 0.2) is 24.3 Å². The number of rotatable bonds is 10. The van der Waals surface area contributed by atoms with E-state index in [2.05, 4.69) is 36.0 Å². The molecule has 4 nitrogen and oxygen atoms in total. The van der Waals surface area contributed by atoms with Crippen LogP contribution in [0.5, 0.6) is 5.75 Å². The molecule has 0 saturated carbocycles. The molecule has 1 rings (SSSR count). The first kappa shape index (κ1) is 17.0. The van der Waals surface area contributed by atoms with Gasteiger partial charge in [-0.05, 0) is 59.2 Å². The third-order valence-electron chi connectivity index (χ3n) is 3.46. The van der Waals surface area contributed by atoms with Gasteiger partial charge in [0.1, 0.15) is 5.75 Å². The molecular weight excluding hydrogens is 250 g/mol. The van der Waals surface area contributed by atoms with Crippen LogP contribution >= 0.6 is 0 Å². The number of ether oxygens (including phenoxy) is 1. The van der Waals surface area contributed by atoms with E-state index in [1.54, 1.807) is 7.11 Å². The Balaban J connectivity index is 2.28. The minimum atomic E-state index is 0.776. The van der Waals surface area contributed by atoms with Crippen molar-refractivity contribution in [3.05, 3.63) is 29.8 Å². The number of nitrogens with two attached hydrogens (primary N) is 1. The predicted octanol–water partition coefficient (Wildman–Crippen LogP) is 1.80. The zero-order valence-corrected chi connectivity index (χ0v) is 13.1. The van der Waals surface area contributed by atoms with Crippen molar-refractivity contribution in [3.8, 4) is 5.75 Å². The summed E-state index contributed by atoms with van der Waals surface area (Å²) in [6, 6.07) is 8.22. The van der Waals surface area contributed by atoms with Gasteiger partial charge in [0.2, 0.25) is 0 Å². The van der Waals surface area contributed by atoms with Crippen molar-refractivity contribution in [1.29, 1.82) is 0 Å². The minimum absolute atomic E-state index is 0.776. The van der Waals surface area contributed by atoms with Gasteiger partial charge < -0.3 is 20.3 Å². The molecule has 0 aliphatic rings. The monoisotopic (exact) mass is 279 g/mol. The topological polar surface area (TPSA) is 41.7 Å². The molecule has 114 valence electrons. The van der Waals surface area contributed by atoms with Gasteiger partial charge in [-0.2, -0.15) is 0 Å². The number of methoxy groups -OCH3 is 1. The molecule has 0 aliphatic heterocycles. The van der Waals surface area contributed by atoms with Crippen LogP contribution in [-0.4, -0.2) is 57.2 Å². The SMILES string of the molecule is COc1ccccc1CN(C)CCCN(C)CCCN. The lowest BCUT2D eigenvalue weighted by Gasteiger charge is -2.21. The lowest BCUT2D eigenvalue weighted by atomic mass is 10.2. The van der Waals surface area contributed by atoms with E-state index in [0.717, 1.165) is 44.9 Å². The lowest BCUT2D eigenvalue weighted by molar-refractivity contribution is 0.270. The van der Waals surface area contributed by atoms with Gasteiger partial charge in [0, 0.05) is 12.1 Å². The number of benzene rings is 1. The van der Waals surface area contributed by atoms with Crippen molar-refractivity contribution in [2.45, 2.75) is 19.4 Å². The number of nitrogens with zero attached hydrogens (tertiary/aromatic N) is 2. The van der Waals surface area contributed by atoms with Gasteiger partial charge in [-0.25, -0.2) is 0 Å². The van der Waals surface area contributed by atoms with Crippen LogP contribution in [-0.2, 0) is 6.54 Å². The van der Waals surface area contributed by atoms with Gasteiger partial charge in [0.15, 0.2) is 0 Å². The van der Waals surface area contributed by atoms with Crippen LogP contribution in [0.3, 0.4) is 0 Å². The lowest BCUT2D eigenvalue weighted by Crippen LogP contribution is -2.27. The minimum Gasteiger partial charge on any atom is -0.496 e. The van der Waals surface area contributed by atoms with Crippen molar-refractivity contribution in [2.75, 3.05) is 47.4 Å². The Kier molecular flexibility index (Phi) is 8.26. The summed E-state index contributed by atoms with van der Waals surface area (Å²) in [6.07, 6.45) is 2.25. The highest BCUT2D eigenvalue weighted by atomic mass is 16.5. The third-order valence-corrected chi connectivity index (χ3v) is 3.46. The van der Waals surface area contributed by atoms with Gasteiger partial charge in [-0.15, -0.1) is 0 Å². The number of hydrogen-bond donors (Lipinski definition) is 1. The van der Waals surface area contributed by atoms with Gasteiger partial charge in [-0.1, -0.05) is 18.2 Å². The second-order valence-electron chi connectivity index (χ2n) is 5.35. The second-order valence-corrected chi connectivity index (χ2v) is 5.35. The Morgan fingerprint density at radius 3 is 2.35 bits per heavy atom. The fourth-order valence-corrected chi connectivity index (χ4v) is 2.29. The van der Waals surface area contributed by atoms with Crippen LogP contribution in [0.4, 0.5) is 0 Å². The van der Waals surface area contributed by atoms with Crippen molar-refractivity contribution >= 4 is 0 Å². The Morgan fingerprint density at radius 2 is 1.65 bits per heavy atom. The summed E-state index contributed by atoms with van der Waals surface area (Å²) in [7, 11) is 6.05. The van der Waals surface area contributed by atoms with Crippen LogP contribution in [0, 0.1) is 0 Å². The summed E-state index contributed by atoms with van der Waals surface area (Å²) in [6.45, 7) is 5.00. The zero-order chi connectivity index (χ0) is 14.8. The highest BCUT2D eigenvalue weighted by Gasteiger charge is 2.06. The molecule has 20 heavy (non-hydrogen) atoms. The van der Waals surface area contributed by atoms with Gasteiger partial charge in [-0.3, -0.25) is 0 Å². The average molecular weight is 279 g/mol. The van der Waals surface area contributed by atoms with E-state index in [1.807, 2.05) is 12.1 Å². The zero-order valence-electron chi connectivity index (χ0n) is 13.1. The van der Waals surface area contributed by atoms with Crippen LogP contribution in [0.2, 0.25) is 0 Å². The summed E-state index contributed by atoms with van der Waals surface area (Å²) < 4.78 is 5.39. The number of para-hydroxylation sites is 1. The molecular formula is C16H29N3O. The Labute approximate surface area is 123 Å². The first-order valence-corrected chi connectivity index (χ1v) is 7.36. The Morgan fingerprint density at radius 1 is 1.00 bits per heavy atom. The maximum atomic E-state index is 5.52. The third kappa shape index (κ3) is 6.37. The normalized spacial score (nSPS) is 11.3. The van der Waals surface area contributed by atoms with Crippen molar-refractivity contribution in [2.24, 2.45) is 5.73 Å². The van der Waals surface area contributed by atoms with E-state index in [0.29, 0.717) is 0 Å². The predicted molar refractivity (Wildman–Crippen MR) is 85.1 cm³/mol. The fraction of sp³-hybridized carbons (Fsp3) is 0.625. The molecule has 0 unspecified atom stereocenters. The number of hydrogen-bond acceptors (Lipinski definition) is 4. The molecule has 0 atom stereocenters. The van der Waals surface area contributed by atoms with Gasteiger partial charge >= 0.3 is 0 Å². The fourth-order valence-electron chi connectivity index (χ4n) is 2.29. The van der Waals surface area contributed by atoms with E-state index >= 15 is 0 Å². The summed E-state index contributed by atoms with van der Waals surface area (Å²) in [4.78, 5) is 4.69. The van der Waals surface area contributed by atoms with E-state index in [-0.39, 0.29) is 0 Å². The summed E-state index contributed by atoms with van der Waals surface area (Å²) in [5.74, 6) is 0.972. The van der Waals surface area contributed by atoms with Crippen LogP contribution in [0.25, 0.3) is 0 Å². The molecule has 0 fully saturated rings. The second kappa shape index (κ2) is 9.75. The van der Waals surface area contributed by atoms with Crippen molar-refractivity contribution in [3.63, 3.8) is 0 Å². The van der Waals surface area contributed by atoms with E-state index < -0.39 is 0 Å². The Hall–Kier alpha value is -1.10.